The van der Waals surface area contributed by atoms with Gasteiger partial charge >= 0.3 is 5.69 Å². The molecule has 0 spiro atoms. The molecule has 9 nitrogen and oxygen atoms in total. The third-order valence-electron chi connectivity index (χ3n) is 5.97. The van der Waals surface area contributed by atoms with Crippen molar-refractivity contribution in [1.29, 1.82) is 0 Å². The zero-order valence-corrected chi connectivity index (χ0v) is 17.2. The molecule has 0 saturated carbocycles. The first-order valence-electron chi connectivity index (χ1n) is 10.1. The molecule has 2 aromatic heterocycles. The van der Waals surface area contributed by atoms with Crippen LogP contribution in [0.3, 0.4) is 0 Å². The summed E-state index contributed by atoms with van der Waals surface area (Å²) in [5.41, 5.74) is 6.55. The van der Waals surface area contributed by atoms with Gasteiger partial charge in [-0.15, -0.1) is 0 Å². The predicted molar refractivity (Wildman–Crippen MR) is 113 cm³/mol. The number of likely N-dealkylation sites (tertiary alicyclic amines) is 1. The van der Waals surface area contributed by atoms with Crippen molar-refractivity contribution in [2.45, 2.75) is 25.9 Å². The molecule has 1 aliphatic rings. The zero-order valence-electron chi connectivity index (χ0n) is 17.2. The topological polar surface area (TPSA) is 108 Å². The number of carbonyl (C=O) groups excluding carboxylic acids is 1. The maximum Gasteiger partial charge on any atom is 0.332 e. The molecular formula is C21H26N6O3. The quantitative estimate of drug-likeness (QED) is 0.646. The van der Waals surface area contributed by atoms with E-state index in [1.807, 2.05) is 34.9 Å². The van der Waals surface area contributed by atoms with Crippen LogP contribution in [0.15, 0.2) is 39.9 Å². The molecule has 3 aromatic rings. The fourth-order valence-corrected chi connectivity index (χ4v) is 4.12. The Morgan fingerprint density at radius 1 is 1.07 bits per heavy atom. The van der Waals surface area contributed by atoms with E-state index in [-0.39, 0.29) is 17.4 Å². The SMILES string of the molecule is Cn1c(=O)c2c(nc(CN3CCC(C(N)=O)CC3)n2Cc2ccccc2)n(C)c1=O. The van der Waals surface area contributed by atoms with E-state index in [0.29, 0.717) is 37.1 Å². The van der Waals surface area contributed by atoms with Gasteiger partial charge in [0.1, 0.15) is 5.82 Å². The van der Waals surface area contributed by atoms with Gasteiger partial charge in [-0.3, -0.25) is 23.6 Å². The van der Waals surface area contributed by atoms with Gasteiger partial charge in [0, 0.05) is 26.6 Å². The first kappa shape index (κ1) is 20.1. The van der Waals surface area contributed by atoms with E-state index in [4.69, 9.17) is 10.7 Å². The van der Waals surface area contributed by atoms with Crippen molar-refractivity contribution in [2.75, 3.05) is 13.1 Å². The average molecular weight is 410 g/mol. The lowest BCUT2D eigenvalue weighted by molar-refractivity contribution is -0.123. The minimum atomic E-state index is -0.398. The molecule has 9 heteroatoms. The van der Waals surface area contributed by atoms with Crippen LogP contribution in [0.4, 0.5) is 0 Å². The number of nitrogens with two attached hydrogens (primary N) is 1. The van der Waals surface area contributed by atoms with E-state index >= 15 is 0 Å². The first-order valence-corrected chi connectivity index (χ1v) is 10.1. The van der Waals surface area contributed by atoms with Crippen molar-refractivity contribution >= 4 is 17.1 Å². The van der Waals surface area contributed by atoms with Crippen molar-refractivity contribution in [3.63, 3.8) is 0 Å². The van der Waals surface area contributed by atoms with E-state index < -0.39 is 5.69 Å². The smallest absolute Gasteiger partial charge is 0.332 e. The highest BCUT2D eigenvalue weighted by molar-refractivity contribution is 5.76. The molecule has 30 heavy (non-hydrogen) atoms. The molecule has 1 fully saturated rings. The summed E-state index contributed by atoms with van der Waals surface area (Å²) in [5.74, 6) is 0.395. The van der Waals surface area contributed by atoms with Gasteiger partial charge < -0.3 is 10.3 Å². The highest BCUT2D eigenvalue weighted by Crippen LogP contribution is 2.21. The molecule has 3 heterocycles. The summed E-state index contributed by atoms with van der Waals surface area (Å²) in [6, 6.07) is 9.86. The molecule has 4 rings (SSSR count). The van der Waals surface area contributed by atoms with E-state index in [0.717, 1.165) is 29.0 Å². The van der Waals surface area contributed by atoms with Crippen molar-refractivity contribution in [3.05, 3.63) is 62.6 Å². The second-order valence-corrected chi connectivity index (χ2v) is 7.93. The number of aryl methyl sites for hydroxylation is 1. The standard InChI is InChI=1S/C21H26N6O3/c1-24-19-17(20(29)25(2)21(24)30)27(12-14-6-4-3-5-7-14)16(23-19)13-26-10-8-15(9-11-26)18(22)28/h3-7,15H,8-13H2,1-2H3,(H2,22,28). The van der Waals surface area contributed by atoms with Crippen LogP contribution in [-0.4, -0.2) is 42.6 Å². The molecule has 0 bridgehead atoms. The average Bonchev–Trinajstić information content (AvgIpc) is 3.10. The number of hydrogen-bond acceptors (Lipinski definition) is 5. The number of fused-ring (bicyclic) bond motifs is 1. The van der Waals surface area contributed by atoms with Crippen LogP contribution in [0.2, 0.25) is 0 Å². The van der Waals surface area contributed by atoms with Crippen LogP contribution in [0.5, 0.6) is 0 Å². The highest BCUT2D eigenvalue weighted by atomic mass is 16.2. The van der Waals surface area contributed by atoms with Gasteiger partial charge in [0.2, 0.25) is 5.91 Å². The minimum absolute atomic E-state index is 0.0856. The zero-order chi connectivity index (χ0) is 21.4. The molecule has 0 aliphatic carbocycles. The molecule has 1 saturated heterocycles. The molecule has 0 unspecified atom stereocenters. The van der Waals surface area contributed by atoms with Gasteiger partial charge in [0.15, 0.2) is 11.2 Å². The minimum Gasteiger partial charge on any atom is -0.369 e. The number of piperidine rings is 1. The molecule has 0 atom stereocenters. The van der Waals surface area contributed by atoms with Crippen molar-refractivity contribution < 1.29 is 4.79 Å². The highest BCUT2D eigenvalue weighted by Gasteiger charge is 2.26. The van der Waals surface area contributed by atoms with E-state index in [1.54, 1.807) is 7.05 Å². The monoisotopic (exact) mass is 410 g/mol. The summed E-state index contributed by atoms with van der Waals surface area (Å²) < 4.78 is 4.45. The maximum absolute atomic E-state index is 13.0. The summed E-state index contributed by atoms with van der Waals surface area (Å²) in [6.07, 6.45) is 1.43. The number of aromatic nitrogens is 4. The van der Waals surface area contributed by atoms with Gasteiger partial charge in [0.05, 0.1) is 6.54 Å². The maximum atomic E-state index is 13.0. The Kier molecular flexibility index (Phi) is 5.29. The van der Waals surface area contributed by atoms with E-state index in [9.17, 15) is 14.4 Å². The Bertz CT molecular complexity index is 1200. The van der Waals surface area contributed by atoms with Gasteiger partial charge in [-0.05, 0) is 31.5 Å². The molecule has 1 aromatic carbocycles. The third-order valence-corrected chi connectivity index (χ3v) is 5.97. The summed E-state index contributed by atoms with van der Waals surface area (Å²) in [7, 11) is 3.12. The number of carbonyl (C=O) groups is 1. The Morgan fingerprint density at radius 3 is 2.37 bits per heavy atom. The molecule has 1 amide bonds. The first-order chi connectivity index (χ1) is 14.4. The number of nitrogens with zero attached hydrogens (tertiary/aromatic N) is 5. The lowest BCUT2D eigenvalue weighted by Crippen LogP contribution is -2.38. The normalized spacial score (nSPS) is 15.7. The van der Waals surface area contributed by atoms with Gasteiger partial charge in [0.25, 0.3) is 5.56 Å². The second kappa shape index (κ2) is 7.91. The Labute approximate surface area is 173 Å². The number of imidazole rings is 1. The summed E-state index contributed by atoms with van der Waals surface area (Å²) in [6.45, 7) is 2.49. The van der Waals surface area contributed by atoms with Crippen LogP contribution >= 0.6 is 0 Å². The number of hydrogen-bond donors (Lipinski definition) is 1. The Hall–Kier alpha value is -3.20. The van der Waals surface area contributed by atoms with Crippen molar-refractivity contribution in [3.8, 4) is 0 Å². The van der Waals surface area contributed by atoms with Gasteiger partial charge in [-0.1, -0.05) is 30.3 Å². The van der Waals surface area contributed by atoms with Crippen LogP contribution < -0.4 is 17.0 Å². The number of rotatable bonds is 5. The summed E-state index contributed by atoms with van der Waals surface area (Å²) >= 11 is 0. The van der Waals surface area contributed by atoms with Crippen LogP contribution in [0.25, 0.3) is 11.2 Å². The molecule has 2 N–H and O–H groups in total. The van der Waals surface area contributed by atoms with Crippen LogP contribution in [-0.2, 0) is 32.0 Å². The fourth-order valence-electron chi connectivity index (χ4n) is 4.12. The summed E-state index contributed by atoms with van der Waals surface area (Å²) in [5, 5.41) is 0. The van der Waals surface area contributed by atoms with E-state index in [1.165, 1.54) is 11.6 Å². The Balaban J connectivity index is 1.76. The van der Waals surface area contributed by atoms with Crippen molar-refractivity contribution in [1.82, 2.24) is 23.6 Å². The lowest BCUT2D eigenvalue weighted by Gasteiger charge is -2.30. The third kappa shape index (κ3) is 3.56. The van der Waals surface area contributed by atoms with Gasteiger partial charge in [-0.25, -0.2) is 9.78 Å². The second-order valence-electron chi connectivity index (χ2n) is 7.93. The molecular weight excluding hydrogens is 384 g/mol. The molecule has 1 aliphatic heterocycles. The largest absolute Gasteiger partial charge is 0.369 e. The summed E-state index contributed by atoms with van der Waals surface area (Å²) in [4.78, 5) is 43.7. The fraction of sp³-hybridized carbons (Fsp3) is 0.429. The van der Waals surface area contributed by atoms with Crippen LogP contribution in [0, 0.1) is 5.92 Å². The van der Waals surface area contributed by atoms with Gasteiger partial charge in [-0.2, -0.15) is 0 Å². The predicted octanol–water partition coefficient (Wildman–Crippen LogP) is 0.179. The lowest BCUT2D eigenvalue weighted by atomic mass is 9.96. The van der Waals surface area contributed by atoms with E-state index in [2.05, 4.69) is 4.90 Å². The number of benzene rings is 1. The number of primary amides is 1. The van der Waals surface area contributed by atoms with Crippen LogP contribution in [0.1, 0.15) is 24.2 Å². The molecule has 158 valence electrons. The number of amides is 1. The van der Waals surface area contributed by atoms with Crippen molar-refractivity contribution in [2.24, 2.45) is 25.7 Å². The Morgan fingerprint density at radius 2 is 1.73 bits per heavy atom. The molecule has 0 radical (unpaired) electrons.